The molecular formula is C19H23N3O3. The van der Waals surface area contributed by atoms with E-state index in [2.05, 4.69) is 9.97 Å². The predicted octanol–water partition coefficient (Wildman–Crippen LogP) is 2.60. The molecule has 0 radical (unpaired) electrons. The Morgan fingerprint density at radius 2 is 2.28 bits per heavy atom. The molecule has 25 heavy (non-hydrogen) atoms. The van der Waals surface area contributed by atoms with E-state index in [0.717, 1.165) is 36.3 Å². The Bertz CT molecular complexity index is 727. The number of ether oxygens (including phenoxy) is 2. The van der Waals surface area contributed by atoms with E-state index in [0.29, 0.717) is 19.1 Å². The molecule has 0 unspecified atom stereocenters. The van der Waals surface area contributed by atoms with Crippen LogP contribution < -0.4 is 4.74 Å². The number of hydrogen-bond donors (Lipinski definition) is 1. The Labute approximate surface area is 147 Å². The van der Waals surface area contributed by atoms with E-state index in [4.69, 9.17) is 9.47 Å². The van der Waals surface area contributed by atoms with Crippen molar-refractivity contribution in [3.05, 3.63) is 48.0 Å². The van der Waals surface area contributed by atoms with Gasteiger partial charge in [0.25, 0.3) is 5.91 Å². The van der Waals surface area contributed by atoms with Gasteiger partial charge in [-0.15, -0.1) is 0 Å². The maximum absolute atomic E-state index is 13.1. The summed E-state index contributed by atoms with van der Waals surface area (Å²) in [6.07, 6.45) is 8.42. The smallest absolute Gasteiger partial charge is 0.256 e. The maximum atomic E-state index is 13.1. The molecule has 4 rings (SSSR count). The van der Waals surface area contributed by atoms with Crippen molar-refractivity contribution in [2.75, 3.05) is 20.3 Å². The third kappa shape index (κ3) is 3.39. The highest BCUT2D eigenvalue weighted by Crippen LogP contribution is 2.41. The summed E-state index contributed by atoms with van der Waals surface area (Å²) >= 11 is 0. The number of carbonyl (C=O) groups is 1. The van der Waals surface area contributed by atoms with Gasteiger partial charge in [0.15, 0.2) is 0 Å². The summed E-state index contributed by atoms with van der Waals surface area (Å²) in [5.41, 5.74) is 1.88. The van der Waals surface area contributed by atoms with Crippen LogP contribution in [0, 0.1) is 0 Å². The Hall–Kier alpha value is -2.34. The standard InChI is InChI=1S/C19H23N3O3/c1-24-16-9-14(12-25-15-3-2-7-20-10-15)22(11-16)19(23)17-6-8-21-18(17)13-4-5-13/h2-3,6-8,10,13-14,16,21H,4-5,9,11-12H2,1H3/t14-,16+/m0/s1. The Kier molecular flexibility index (Phi) is 4.44. The number of methoxy groups -OCH3 is 1. The second-order valence-electron chi connectivity index (χ2n) is 6.78. The zero-order chi connectivity index (χ0) is 17.2. The van der Waals surface area contributed by atoms with Crippen molar-refractivity contribution in [3.8, 4) is 5.75 Å². The molecule has 2 fully saturated rings. The van der Waals surface area contributed by atoms with Gasteiger partial charge >= 0.3 is 0 Å². The van der Waals surface area contributed by atoms with Crippen LogP contribution in [0.3, 0.4) is 0 Å². The number of aromatic amines is 1. The fraction of sp³-hybridized carbons (Fsp3) is 0.474. The molecule has 6 nitrogen and oxygen atoms in total. The summed E-state index contributed by atoms with van der Waals surface area (Å²) < 4.78 is 11.4. The molecule has 0 aromatic carbocycles. The molecule has 1 N–H and O–H groups in total. The number of H-pyrrole nitrogens is 1. The summed E-state index contributed by atoms with van der Waals surface area (Å²) in [4.78, 5) is 22.3. The number of carbonyl (C=O) groups excluding carboxylic acids is 1. The van der Waals surface area contributed by atoms with Crippen molar-refractivity contribution >= 4 is 5.91 Å². The zero-order valence-corrected chi connectivity index (χ0v) is 14.4. The largest absolute Gasteiger partial charge is 0.490 e. The summed E-state index contributed by atoms with van der Waals surface area (Å²) in [5, 5.41) is 0. The Morgan fingerprint density at radius 3 is 3.00 bits per heavy atom. The molecule has 2 atom stereocenters. The van der Waals surface area contributed by atoms with Crippen LogP contribution >= 0.6 is 0 Å². The van der Waals surface area contributed by atoms with Crippen molar-refractivity contribution in [1.82, 2.24) is 14.9 Å². The minimum Gasteiger partial charge on any atom is -0.490 e. The number of aromatic nitrogens is 2. The zero-order valence-electron chi connectivity index (χ0n) is 14.4. The molecule has 1 saturated carbocycles. The predicted molar refractivity (Wildman–Crippen MR) is 92.7 cm³/mol. The van der Waals surface area contributed by atoms with E-state index in [9.17, 15) is 4.79 Å². The quantitative estimate of drug-likeness (QED) is 0.877. The molecule has 2 aromatic heterocycles. The van der Waals surface area contributed by atoms with Crippen LogP contribution in [0.1, 0.15) is 41.2 Å². The summed E-state index contributed by atoms with van der Waals surface area (Å²) in [6.45, 7) is 1.05. The number of pyridine rings is 1. The highest BCUT2D eigenvalue weighted by atomic mass is 16.5. The van der Waals surface area contributed by atoms with Gasteiger partial charge in [-0.25, -0.2) is 0 Å². The summed E-state index contributed by atoms with van der Waals surface area (Å²) in [6, 6.07) is 5.61. The average Bonchev–Trinajstić information content (AvgIpc) is 3.22. The van der Waals surface area contributed by atoms with E-state index >= 15 is 0 Å². The van der Waals surface area contributed by atoms with Gasteiger partial charge < -0.3 is 19.4 Å². The van der Waals surface area contributed by atoms with Gasteiger partial charge in [0, 0.05) is 31.7 Å². The second kappa shape index (κ2) is 6.88. The van der Waals surface area contributed by atoms with E-state index in [1.54, 1.807) is 19.5 Å². The molecule has 2 aromatic rings. The van der Waals surface area contributed by atoms with Gasteiger partial charge in [-0.3, -0.25) is 9.78 Å². The van der Waals surface area contributed by atoms with Crippen LogP contribution in [0.5, 0.6) is 5.75 Å². The number of nitrogens with zero attached hydrogens (tertiary/aromatic N) is 2. The molecule has 1 amide bonds. The molecule has 0 spiro atoms. The summed E-state index contributed by atoms with van der Waals surface area (Å²) in [7, 11) is 1.70. The van der Waals surface area contributed by atoms with Gasteiger partial charge in [-0.1, -0.05) is 0 Å². The first kappa shape index (κ1) is 16.1. The van der Waals surface area contributed by atoms with Gasteiger partial charge in [0.05, 0.1) is 23.9 Å². The lowest BCUT2D eigenvalue weighted by Crippen LogP contribution is -2.39. The normalized spacial score (nSPS) is 23.0. The van der Waals surface area contributed by atoms with Gasteiger partial charge in [0.1, 0.15) is 12.4 Å². The van der Waals surface area contributed by atoms with Crippen LogP contribution in [-0.2, 0) is 4.74 Å². The first-order valence-corrected chi connectivity index (χ1v) is 8.80. The van der Waals surface area contributed by atoms with E-state index in [-0.39, 0.29) is 18.1 Å². The molecule has 132 valence electrons. The van der Waals surface area contributed by atoms with Crippen LogP contribution in [-0.4, -0.2) is 53.2 Å². The van der Waals surface area contributed by atoms with Crippen molar-refractivity contribution in [1.29, 1.82) is 0 Å². The number of hydrogen-bond acceptors (Lipinski definition) is 4. The monoisotopic (exact) mass is 341 g/mol. The van der Waals surface area contributed by atoms with Gasteiger partial charge in [0.2, 0.25) is 0 Å². The molecule has 1 saturated heterocycles. The number of nitrogens with one attached hydrogen (secondary N) is 1. The average molecular weight is 341 g/mol. The molecule has 1 aliphatic carbocycles. The van der Waals surface area contributed by atoms with Crippen molar-refractivity contribution in [2.45, 2.75) is 37.3 Å². The third-order valence-electron chi connectivity index (χ3n) is 5.04. The molecule has 2 aliphatic rings. The fourth-order valence-corrected chi connectivity index (χ4v) is 3.51. The van der Waals surface area contributed by atoms with Crippen LogP contribution in [0.2, 0.25) is 0 Å². The molecular weight excluding hydrogens is 318 g/mol. The fourth-order valence-electron chi connectivity index (χ4n) is 3.51. The minimum atomic E-state index is -0.000362. The van der Waals surface area contributed by atoms with Crippen LogP contribution in [0.25, 0.3) is 0 Å². The lowest BCUT2D eigenvalue weighted by atomic mass is 10.1. The highest BCUT2D eigenvalue weighted by Gasteiger charge is 2.38. The maximum Gasteiger partial charge on any atom is 0.256 e. The first-order valence-electron chi connectivity index (χ1n) is 8.80. The van der Waals surface area contributed by atoms with Crippen LogP contribution in [0.15, 0.2) is 36.8 Å². The number of rotatable bonds is 6. The third-order valence-corrected chi connectivity index (χ3v) is 5.04. The molecule has 0 bridgehead atoms. The molecule has 3 heterocycles. The lowest BCUT2D eigenvalue weighted by molar-refractivity contribution is 0.0657. The van der Waals surface area contributed by atoms with E-state index in [1.165, 1.54) is 0 Å². The van der Waals surface area contributed by atoms with Gasteiger partial charge in [-0.05, 0) is 43.4 Å². The summed E-state index contributed by atoms with van der Waals surface area (Å²) in [5.74, 6) is 1.30. The highest BCUT2D eigenvalue weighted by molar-refractivity contribution is 5.96. The SMILES string of the molecule is CO[C@@H]1C[C@@H](COc2cccnc2)N(C(=O)c2cc[nH]c2C2CC2)C1. The van der Waals surface area contributed by atoms with E-state index < -0.39 is 0 Å². The topological polar surface area (TPSA) is 67.5 Å². The number of likely N-dealkylation sites (tertiary alicyclic amines) is 1. The second-order valence-corrected chi connectivity index (χ2v) is 6.78. The molecule has 1 aliphatic heterocycles. The van der Waals surface area contributed by atoms with Crippen LogP contribution in [0.4, 0.5) is 0 Å². The van der Waals surface area contributed by atoms with Gasteiger partial charge in [-0.2, -0.15) is 0 Å². The Balaban J connectivity index is 1.49. The van der Waals surface area contributed by atoms with Crippen molar-refractivity contribution < 1.29 is 14.3 Å². The Morgan fingerprint density at radius 1 is 1.40 bits per heavy atom. The lowest BCUT2D eigenvalue weighted by Gasteiger charge is -2.24. The number of amides is 1. The van der Waals surface area contributed by atoms with Crippen molar-refractivity contribution in [2.24, 2.45) is 0 Å². The van der Waals surface area contributed by atoms with Crippen molar-refractivity contribution in [3.63, 3.8) is 0 Å². The first-order chi connectivity index (χ1) is 12.3. The van der Waals surface area contributed by atoms with E-state index in [1.807, 2.05) is 29.3 Å². The minimum absolute atomic E-state index is 0.000362. The molecule has 6 heteroatoms.